The van der Waals surface area contributed by atoms with E-state index in [2.05, 4.69) is 27.6 Å². The standard InChI is InChI=1S/C13H23N5/c1-3-13(6-4-5-7-13)9-15-11-8-12(18-14)17-10(2)16-11/h8H,3-7,9,14H2,1-2H3,(H2,15,16,17,18). The molecule has 0 spiro atoms. The predicted octanol–water partition coefficient (Wildman–Crippen LogP) is 2.45. The molecule has 0 unspecified atom stereocenters. The summed E-state index contributed by atoms with van der Waals surface area (Å²) in [4.78, 5) is 8.57. The van der Waals surface area contributed by atoms with E-state index in [9.17, 15) is 0 Å². The van der Waals surface area contributed by atoms with Crippen LogP contribution in [0.4, 0.5) is 11.6 Å². The van der Waals surface area contributed by atoms with Gasteiger partial charge in [0.1, 0.15) is 17.5 Å². The van der Waals surface area contributed by atoms with E-state index < -0.39 is 0 Å². The second-order valence-electron chi connectivity index (χ2n) is 5.24. The van der Waals surface area contributed by atoms with Crippen LogP contribution in [0.1, 0.15) is 44.9 Å². The van der Waals surface area contributed by atoms with E-state index in [0.717, 1.165) is 18.2 Å². The lowest BCUT2D eigenvalue weighted by atomic mass is 9.83. The highest BCUT2D eigenvalue weighted by molar-refractivity contribution is 5.46. The summed E-state index contributed by atoms with van der Waals surface area (Å²) in [6, 6.07) is 1.85. The molecular weight excluding hydrogens is 226 g/mol. The fourth-order valence-corrected chi connectivity index (χ4v) is 2.79. The Morgan fingerprint density at radius 1 is 1.28 bits per heavy atom. The van der Waals surface area contributed by atoms with Crippen LogP contribution in [0.5, 0.6) is 0 Å². The van der Waals surface area contributed by atoms with Crippen LogP contribution in [-0.2, 0) is 0 Å². The lowest BCUT2D eigenvalue weighted by Gasteiger charge is -2.28. The molecule has 100 valence electrons. The van der Waals surface area contributed by atoms with Gasteiger partial charge in [0.05, 0.1) is 0 Å². The van der Waals surface area contributed by atoms with Crippen LogP contribution < -0.4 is 16.6 Å². The Morgan fingerprint density at radius 2 is 1.94 bits per heavy atom. The zero-order chi connectivity index (χ0) is 13.0. The van der Waals surface area contributed by atoms with Crippen molar-refractivity contribution < 1.29 is 0 Å². The Kier molecular flexibility index (Phi) is 4.01. The highest BCUT2D eigenvalue weighted by Gasteiger charge is 2.31. The van der Waals surface area contributed by atoms with Crippen molar-refractivity contribution in [3.05, 3.63) is 11.9 Å². The first-order valence-corrected chi connectivity index (χ1v) is 6.74. The van der Waals surface area contributed by atoms with Crippen LogP contribution in [0.15, 0.2) is 6.07 Å². The number of anilines is 2. The molecule has 0 radical (unpaired) electrons. The van der Waals surface area contributed by atoms with E-state index in [1.54, 1.807) is 0 Å². The van der Waals surface area contributed by atoms with E-state index in [-0.39, 0.29) is 0 Å². The fourth-order valence-electron chi connectivity index (χ4n) is 2.79. The first-order chi connectivity index (χ1) is 8.67. The van der Waals surface area contributed by atoms with Crippen LogP contribution >= 0.6 is 0 Å². The molecule has 0 atom stereocenters. The largest absolute Gasteiger partial charge is 0.369 e. The number of hydrogen-bond acceptors (Lipinski definition) is 5. The molecule has 0 amide bonds. The number of hydrogen-bond donors (Lipinski definition) is 3. The first-order valence-electron chi connectivity index (χ1n) is 6.74. The molecule has 1 heterocycles. The van der Waals surface area contributed by atoms with Gasteiger partial charge in [0.15, 0.2) is 0 Å². The molecule has 1 aliphatic carbocycles. The summed E-state index contributed by atoms with van der Waals surface area (Å²) in [7, 11) is 0. The third kappa shape index (κ3) is 2.90. The van der Waals surface area contributed by atoms with E-state index in [0.29, 0.717) is 11.2 Å². The zero-order valence-electron chi connectivity index (χ0n) is 11.3. The minimum Gasteiger partial charge on any atom is -0.369 e. The van der Waals surface area contributed by atoms with Crippen LogP contribution in [0.25, 0.3) is 0 Å². The first kappa shape index (κ1) is 13.1. The van der Waals surface area contributed by atoms with Gasteiger partial charge in [0.25, 0.3) is 0 Å². The summed E-state index contributed by atoms with van der Waals surface area (Å²) in [6.45, 7) is 5.15. The van der Waals surface area contributed by atoms with Gasteiger partial charge in [-0.3, -0.25) is 0 Å². The minimum atomic E-state index is 0.454. The predicted molar refractivity (Wildman–Crippen MR) is 74.3 cm³/mol. The lowest BCUT2D eigenvalue weighted by Crippen LogP contribution is -2.26. The topological polar surface area (TPSA) is 75.9 Å². The number of aryl methyl sites for hydroxylation is 1. The van der Waals surface area contributed by atoms with Crippen molar-refractivity contribution in [2.24, 2.45) is 11.3 Å². The van der Waals surface area contributed by atoms with Gasteiger partial charge in [-0.2, -0.15) is 0 Å². The third-order valence-corrected chi connectivity index (χ3v) is 4.04. The molecule has 1 fully saturated rings. The van der Waals surface area contributed by atoms with E-state index in [4.69, 9.17) is 5.84 Å². The van der Waals surface area contributed by atoms with Gasteiger partial charge >= 0.3 is 0 Å². The van der Waals surface area contributed by atoms with Crippen molar-refractivity contribution >= 4 is 11.6 Å². The van der Waals surface area contributed by atoms with Gasteiger partial charge < -0.3 is 10.7 Å². The monoisotopic (exact) mass is 249 g/mol. The van der Waals surface area contributed by atoms with Gasteiger partial charge in [-0.15, -0.1) is 0 Å². The van der Waals surface area contributed by atoms with Crippen molar-refractivity contribution in [1.82, 2.24) is 9.97 Å². The molecular formula is C13H23N5. The number of rotatable bonds is 5. The molecule has 0 bridgehead atoms. The molecule has 5 nitrogen and oxygen atoms in total. The van der Waals surface area contributed by atoms with Crippen molar-refractivity contribution in [2.75, 3.05) is 17.3 Å². The van der Waals surface area contributed by atoms with Crippen LogP contribution in [0.2, 0.25) is 0 Å². The third-order valence-electron chi connectivity index (χ3n) is 4.04. The van der Waals surface area contributed by atoms with Gasteiger partial charge in [0.2, 0.25) is 0 Å². The Balaban J connectivity index is 2.03. The SMILES string of the molecule is CCC1(CNc2cc(NN)nc(C)n2)CCCC1. The van der Waals surface area contributed by atoms with E-state index in [1.807, 2.05) is 13.0 Å². The van der Waals surface area contributed by atoms with Crippen molar-refractivity contribution in [1.29, 1.82) is 0 Å². The molecule has 0 aromatic carbocycles. The van der Waals surface area contributed by atoms with Gasteiger partial charge in [-0.1, -0.05) is 19.8 Å². The maximum Gasteiger partial charge on any atom is 0.145 e. The van der Waals surface area contributed by atoms with Crippen LogP contribution in [-0.4, -0.2) is 16.5 Å². The number of aromatic nitrogens is 2. The average molecular weight is 249 g/mol. The van der Waals surface area contributed by atoms with Crippen molar-refractivity contribution in [3.63, 3.8) is 0 Å². The Labute approximate surface area is 109 Å². The molecule has 5 heteroatoms. The second-order valence-corrected chi connectivity index (χ2v) is 5.24. The normalized spacial score (nSPS) is 17.7. The molecule has 4 N–H and O–H groups in total. The summed E-state index contributed by atoms with van der Waals surface area (Å²) < 4.78 is 0. The molecule has 0 saturated heterocycles. The summed E-state index contributed by atoms with van der Waals surface area (Å²) in [5.41, 5.74) is 3.02. The molecule has 1 saturated carbocycles. The maximum atomic E-state index is 5.39. The Morgan fingerprint density at radius 3 is 2.56 bits per heavy atom. The molecule has 1 aromatic rings. The van der Waals surface area contributed by atoms with Crippen LogP contribution in [0.3, 0.4) is 0 Å². The minimum absolute atomic E-state index is 0.454. The maximum absolute atomic E-state index is 5.39. The number of nitrogens with zero attached hydrogens (tertiary/aromatic N) is 2. The van der Waals surface area contributed by atoms with Crippen LogP contribution in [0, 0.1) is 12.3 Å². The quantitative estimate of drug-likeness (QED) is 0.552. The highest BCUT2D eigenvalue weighted by atomic mass is 15.3. The fraction of sp³-hybridized carbons (Fsp3) is 0.692. The average Bonchev–Trinajstić information content (AvgIpc) is 2.85. The molecule has 0 aliphatic heterocycles. The second kappa shape index (κ2) is 5.52. The smallest absolute Gasteiger partial charge is 0.145 e. The number of nitrogens with two attached hydrogens (primary N) is 1. The van der Waals surface area contributed by atoms with Gasteiger partial charge in [-0.25, -0.2) is 15.8 Å². The molecule has 1 aliphatic rings. The van der Waals surface area contributed by atoms with E-state index in [1.165, 1.54) is 32.1 Å². The Hall–Kier alpha value is -1.36. The number of nitrogen functional groups attached to an aromatic ring is 1. The highest BCUT2D eigenvalue weighted by Crippen LogP contribution is 2.40. The zero-order valence-corrected chi connectivity index (χ0v) is 11.3. The van der Waals surface area contributed by atoms with Crippen molar-refractivity contribution in [2.45, 2.75) is 46.0 Å². The van der Waals surface area contributed by atoms with Gasteiger partial charge in [0, 0.05) is 12.6 Å². The summed E-state index contributed by atoms with van der Waals surface area (Å²) in [5.74, 6) is 7.63. The molecule has 2 rings (SSSR count). The summed E-state index contributed by atoms with van der Waals surface area (Å²) >= 11 is 0. The molecule has 18 heavy (non-hydrogen) atoms. The van der Waals surface area contributed by atoms with Crippen molar-refractivity contribution in [3.8, 4) is 0 Å². The number of nitrogens with one attached hydrogen (secondary N) is 2. The van der Waals surface area contributed by atoms with Gasteiger partial charge in [-0.05, 0) is 31.6 Å². The molecule has 1 aromatic heterocycles. The lowest BCUT2D eigenvalue weighted by molar-refractivity contribution is 0.306. The Bertz CT molecular complexity index is 398. The summed E-state index contributed by atoms with van der Waals surface area (Å²) in [5, 5.41) is 3.45. The number of hydrazine groups is 1. The summed E-state index contributed by atoms with van der Waals surface area (Å²) in [6.07, 6.45) is 6.58. The van der Waals surface area contributed by atoms with E-state index >= 15 is 0 Å².